The first kappa shape index (κ1) is 23.1. The summed E-state index contributed by atoms with van der Waals surface area (Å²) in [6, 6.07) is 10.5. The first-order valence-electron chi connectivity index (χ1n) is 11.9. The number of benzene rings is 1. The number of amides is 1. The molecule has 4 heterocycles. The molecule has 4 aromatic rings. The van der Waals surface area contributed by atoms with Gasteiger partial charge in [0.25, 0.3) is 0 Å². The summed E-state index contributed by atoms with van der Waals surface area (Å²) in [5.41, 5.74) is 4.60. The van der Waals surface area contributed by atoms with E-state index in [0.29, 0.717) is 49.8 Å². The average molecular weight is 477 g/mol. The summed E-state index contributed by atoms with van der Waals surface area (Å²) in [6.45, 7) is 9.49. The largest absolute Gasteiger partial charge is 0.340 e. The minimum atomic E-state index is -0.213. The highest BCUT2D eigenvalue weighted by Gasteiger charge is 2.22. The van der Waals surface area contributed by atoms with Crippen LogP contribution in [0.3, 0.4) is 0 Å². The fourth-order valence-electron chi connectivity index (χ4n) is 4.70. The monoisotopic (exact) mass is 476 g/mol. The number of carbonyl (C=O) groups is 1. The quantitative estimate of drug-likeness (QED) is 0.425. The van der Waals surface area contributed by atoms with Gasteiger partial charge in [0.05, 0.1) is 5.69 Å². The molecule has 0 N–H and O–H groups in total. The number of rotatable bonds is 6. The fourth-order valence-corrected chi connectivity index (χ4v) is 4.70. The van der Waals surface area contributed by atoms with Gasteiger partial charge in [-0.2, -0.15) is 9.61 Å². The Morgan fingerprint density at radius 2 is 1.80 bits per heavy atom. The highest BCUT2D eigenvalue weighted by atomic mass is 19.1. The van der Waals surface area contributed by atoms with Crippen molar-refractivity contribution in [3.63, 3.8) is 0 Å². The maximum atomic E-state index is 13.4. The Balaban J connectivity index is 1.19. The Morgan fingerprint density at radius 3 is 2.57 bits per heavy atom. The Morgan fingerprint density at radius 1 is 1.00 bits per heavy atom. The molecule has 10 heteroatoms. The van der Waals surface area contributed by atoms with Gasteiger partial charge in [-0.15, -0.1) is 15.3 Å². The van der Waals surface area contributed by atoms with E-state index in [1.807, 2.05) is 48.6 Å². The van der Waals surface area contributed by atoms with Gasteiger partial charge in [-0.1, -0.05) is 12.1 Å². The van der Waals surface area contributed by atoms with Crippen LogP contribution >= 0.6 is 0 Å². The zero-order valence-electron chi connectivity index (χ0n) is 20.3. The molecule has 0 bridgehead atoms. The van der Waals surface area contributed by atoms with Crippen LogP contribution in [-0.4, -0.2) is 71.5 Å². The second-order valence-electron chi connectivity index (χ2n) is 9.06. The number of aromatic nitrogens is 6. The molecule has 3 aromatic heterocycles. The van der Waals surface area contributed by atoms with Gasteiger partial charge >= 0.3 is 0 Å². The summed E-state index contributed by atoms with van der Waals surface area (Å²) in [6.07, 6.45) is 1.07. The Bertz CT molecular complexity index is 1370. The van der Waals surface area contributed by atoms with Crippen LogP contribution in [-0.2, 0) is 17.8 Å². The third-order valence-corrected chi connectivity index (χ3v) is 6.67. The van der Waals surface area contributed by atoms with E-state index in [9.17, 15) is 9.18 Å². The minimum Gasteiger partial charge on any atom is -0.340 e. The summed E-state index contributed by atoms with van der Waals surface area (Å²) in [5.74, 6) is 1.34. The topological polar surface area (TPSA) is 84.4 Å². The van der Waals surface area contributed by atoms with Crippen molar-refractivity contribution in [1.29, 1.82) is 0 Å². The van der Waals surface area contributed by atoms with Crippen molar-refractivity contribution in [2.75, 3.05) is 26.2 Å². The minimum absolute atomic E-state index is 0.154. The zero-order chi connectivity index (χ0) is 24.5. The number of nitrogens with zero attached hydrogens (tertiary/aromatic N) is 8. The Hall–Kier alpha value is -3.66. The van der Waals surface area contributed by atoms with Gasteiger partial charge in [0.2, 0.25) is 5.91 Å². The Labute approximate surface area is 203 Å². The van der Waals surface area contributed by atoms with Crippen LogP contribution in [0.15, 0.2) is 36.4 Å². The van der Waals surface area contributed by atoms with E-state index in [1.54, 1.807) is 16.6 Å². The lowest BCUT2D eigenvalue weighted by atomic mass is 10.1. The summed E-state index contributed by atoms with van der Waals surface area (Å²) in [7, 11) is 0. The first-order valence-corrected chi connectivity index (χ1v) is 11.9. The predicted octanol–water partition coefficient (Wildman–Crippen LogP) is 2.65. The second-order valence-corrected chi connectivity index (χ2v) is 9.06. The van der Waals surface area contributed by atoms with Crippen LogP contribution < -0.4 is 0 Å². The molecule has 0 spiro atoms. The molecule has 182 valence electrons. The smallest absolute Gasteiger partial charge is 0.222 e. The first-order chi connectivity index (χ1) is 16.9. The SMILES string of the molecule is Cc1nn(-c2ccc3nnc(C)n3n2)c(C)c1CCC(=O)N1CCN(Cc2cccc(F)c2)CC1. The number of fused-ring (bicyclic) bond motifs is 1. The normalized spacial score (nSPS) is 14.7. The molecule has 0 unspecified atom stereocenters. The summed E-state index contributed by atoms with van der Waals surface area (Å²) in [4.78, 5) is 17.1. The molecule has 0 radical (unpaired) electrons. The number of aryl methyl sites for hydroxylation is 2. The lowest BCUT2D eigenvalue weighted by molar-refractivity contribution is -0.133. The molecule has 0 atom stereocenters. The van der Waals surface area contributed by atoms with Crippen LogP contribution in [0.25, 0.3) is 11.5 Å². The van der Waals surface area contributed by atoms with E-state index >= 15 is 0 Å². The van der Waals surface area contributed by atoms with Crippen LogP contribution in [0.2, 0.25) is 0 Å². The molecule has 35 heavy (non-hydrogen) atoms. The van der Waals surface area contributed by atoms with Gasteiger partial charge < -0.3 is 4.90 Å². The van der Waals surface area contributed by atoms with E-state index in [2.05, 4.69) is 25.3 Å². The third kappa shape index (κ3) is 4.79. The standard InChI is InChI=1S/C25H29FN8O/c1-17-22(18(2)33(29-17)24-9-8-23-28-27-19(3)34(23)30-24)7-10-25(35)32-13-11-31(12-14-32)16-20-5-4-6-21(26)15-20/h4-6,8-9,15H,7,10-14,16H2,1-3H3. The molecule has 1 aromatic carbocycles. The van der Waals surface area contributed by atoms with E-state index in [-0.39, 0.29) is 11.7 Å². The van der Waals surface area contributed by atoms with Crippen LogP contribution in [0.5, 0.6) is 0 Å². The fraction of sp³-hybridized carbons (Fsp3) is 0.400. The molecule has 1 aliphatic rings. The second kappa shape index (κ2) is 9.53. The lowest BCUT2D eigenvalue weighted by Gasteiger charge is -2.34. The van der Waals surface area contributed by atoms with Crippen molar-refractivity contribution in [2.45, 2.75) is 40.2 Å². The zero-order valence-corrected chi connectivity index (χ0v) is 20.3. The van der Waals surface area contributed by atoms with Crippen molar-refractivity contribution in [1.82, 2.24) is 39.4 Å². The third-order valence-electron chi connectivity index (χ3n) is 6.67. The average Bonchev–Trinajstić information content (AvgIpc) is 3.36. The van der Waals surface area contributed by atoms with Crippen molar-refractivity contribution in [3.8, 4) is 5.82 Å². The predicted molar refractivity (Wildman–Crippen MR) is 129 cm³/mol. The van der Waals surface area contributed by atoms with E-state index < -0.39 is 0 Å². The number of piperazine rings is 1. The maximum Gasteiger partial charge on any atom is 0.222 e. The molecule has 0 aliphatic carbocycles. The molecule has 1 saturated heterocycles. The van der Waals surface area contributed by atoms with E-state index in [1.165, 1.54) is 6.07 Å². The van der Waals surface area contributed by atoms with E-state index in [4.69, 9.17) is 0 Å². The molecule has 9 nitrogen and oxygen atoms in total. The van der Waals surface area contributed by atoms with Crippen LogP contribution in [0, 0.1) is 26.6 Å². The summed E-state index contributed by atoms with van der Waals surface area (Å²) >= 11 is 0. The number of halogens is 1. The van der Waals surface area contributed by atoms with Crippen LogP contribution in [0.1, 0.15) is 34.8 Å². The van der Waals surface area contributed by atoms with Gasteiger partial charge in [-0.3, -0.25) is 9.69 Å². The van der Waals surface area contributed by atoms with E-state index in [0.717, 1.165) is 35.6 Å². The molecule has 1 fully saturated rings. The molecule has 5 rings (SSSR count). The summed E-state index contributed by atoms with van der Waals surface area (Å²) in [5, 5.41) is 17.5. The van der Waals surface area contributed by atoms with Gasteiger partial charge in [0.1, 0.15) is 5.82 Å². The Kier molecular flexibility index (Phi) is 6.29. The van der Waals surface area contributed by atoms with Gasteiger partial charge in [-0.05, 0) is 62.6 Å². The number of hydrogen-bond acceptors (Lipinski definition) is 6. The van der Waals surface area contributed by atoms with Gasteiger partial charge in [0.15, 0.2) is 17.3 Å². The van der Waals surface area contributed by atoms with Gasteiger partial charge in [-0.25, -0.2) is 9.07 Å². The molecule has 1 aliphatic heterocycles. The molecule has 0 saturated carbocycles. The maximum absolute atomic E-state index is 13.4. The van der Waals surface area contributed by atoms with Crippen molar-refractivity contribution >= 4 is 11.6 Å². The van der Waals surface area contributed by atoms with Crippen molar-refractivity contribution in [2.24, 2.45) is 0 Å². The highest BCUT2D eigenvalue weighted by Crippen LogP contribution is 2.20. The molecule has 1 amide bonds. The lowest BCUT2D eigenvalue weighted by Crippen LogP contribution is -2.48. The summed E-state index contributed by atoms with van der Waals surface area (Å²) < 4.78 is 17.0. The number of hydrogen-bond donors (Lipinski definition) is 0. The van der Waals surface area contributed by atoms with Crippen molar-refractivity contribution < 1.29 is 9.18 Å². The van der Waals surface area contributed by atoms with Crippen LogP contribution in [0.4, 0.5) is 4.39 Å². The number of carbonyl (C=O) groups excluding carboxylic acids is 1. The van der Waals surface area contributed by atoms with Crippen molar-refractivity contribution in [3.05, 3.63) is 70.6 Å². The molecular weight excluding hydrogens is 447 g/mol. The van der Waals surface area contributed by atoms with Gasteiger partial charge in [0, 0.05) is 44.8 Å². The molecular formula is C25H29FN8O. The highest BCUT2D eigenvalue weighted by molar-refractivity contribution is 5.76.